The Morgan fingerprint density at radius 3 is 2.08 bits per heavy atom. The van der Waals surface area contributed by atoms with Gasteiger partial charge in [0, 0.05) is 37.2 Å². The van der Waals surface area contributed by atoms with E-state index in [0.717, 1.165) is 83.2 Å². The third kappa shape index (κ3) is 4.86. The average molecular weight is 513 g/mol. The molecular formula is C34H32N4O. The summed E-state index contributed by atoms with van der Waals surface area (Å²) in [6.45, 7) is 3.96. The van der Waals surface area contributed by atoms with Crippen LogP contribution in [0.1, 0.15) is 17.0 Å². The molecule has 0 bridgehead atoms. The Kier molecular flexibility index (Phi) is 6.22. The topological polar surface area (TPSA) is 42.6 Å². The smallest absolute Gasteiger partial charge is 0.123 e. The van der Waals surface area contributed by atoms with E-state index in [2.05, 4.69) is 83.2 Å². The first-order chi connectivity index (χ1) is 19.2. The predicted molar refractivity (Wildman–Crippen MR) is 157 cm³/mol. The van der Waals surface area contributed by atoms with Crippen LogP contribution in [0.25, 0.3) is 11.0 Å². The number of imidazole rings is 1. The molecule has 5 nitrogen and oxygen atoms in total. The van der Waals surface area contributed by atoms with Gasteiger partial charge in [-0.25, -0.2) is 9.98 Å². The molecule has 1 aliphatic carbocycles. The highest BCUT2D eigenvalue weighted by atomic mass is 16.5. The van der Waals surface area contributed by atoms with Gasteiger partial charge in [0.05, 0.1) is 35.6 Å². The van der Waals surface area contributed by atoms with Gasteiger partial charge in [-0.2, -0.15) is 0 Å². The molecular weight excluding hydrogens is 480 g/mol. The summed E-state index contributed by atoms with van der Waals surface area (Å²) < 4.78 is 8.26. The Balaban J connectivity index is 1.06. The van der Waals surface area contributed by atoms with E-state index in [9.17, 15) is 0 Å². The SMILES string of the molecule is Cn1c(CN2C[C@@H]3C(COc4ccccc4)[C@@H]3C2)nc2ccc(N=C(c3ccccc3)c3ccccc3)cc21. The van der Waals surface area contributed by atoms with E-state index in [-0.39, 0.29) is 0 Å². The van der Waals surface area contributed by atoms with Crippen molar-refractivity contribution in [2.75, 3.05) is 19.7 Å². The van der Waals surface area contributed by atoms with Gasteiger partial charge in [-0.3, -0.25) is 4.90 Å². The Labute approximate surface area is 229 Å². The molecule has 39 heavy (non-hydrogen) atoms. The van der Waals surface area contributed by atoms with Crippen molar-refractivity contribution in [1.29, 1.82) is 0 Å². The van der Waals surface area contributed by atoms with Gasteiger partial charge < -0.3 is 9.30 Å². The van der Waals surface area contributed by atoms with E-state index in [1.54, 1.807) is 0 Å². The van der Waals surface area contributed by atoms with Gasteiger partial charge >= 0.3 is 0 Å². The van der Waals surface area contributed by atoms with Gasteiger partial charge in [0.25, 0.3) is 0 Å². The molecule has 2 aliphatic rings. The summed E-state index contributed by atoms with van der Waals surface area (Å²) in [5.41, 5.74) is 6.25. The Morgan fingerprint density at radius 2 is 1.44 bits per heavy atom. The lowest BCUT2D eigenvalue weighted by Crippen LogP contribution is -2.26. The van der Waals surface area contributed by atoms with Crippen LogP contribution >= 0.6 is 0 Å². The minimum atomic E-state index is 0.686. The number of rotatable bonds is 8. The number of hydrogen-bond donors (Lipinski definition) is 0. The van der Waals surface area contributed by atoms with Gasteiger partial charge in [0.2, 0.25) is 0 Å². The molecule has 1 saturated heterocycles. The van der Waals surface area contributed by atoms with Gasteiger partial charge in [-0.15, -0.1) is 0 Å². The molecule has 194 valence electrons. The number of ether oxygens (including phenoxy) is 1. The minimum Gasteiger partial charge on any atom is -0.493 e. The lowest BCUT2D eigenvalue weighted by Gasteiger charge is -2.19. The Morgan fingerprint density at radius 1 is 0.821 bits per heavy atom. The Hall–Kier alpha value is -4.22. The summed E-state index contributed by atoms with van der Waals surface area (Å²) in [4.78, 5) is 12.7. The zero-order chi connectivity index (χ0) is 26.2. The number of aliphatic imine (C=N–C) groups is 1. The fourth-order valence-electron chi connectivity index (χ4n) is 6.08. The Bertz CT molecular complexity index is 1560. The highest BCUT2D eigenvalue weighted by molar-refractivity contribution is 6.14. The number of benzene rings is 4. The zero-order valence-electron chi connectivity index (χ0n) is 22.1. The second-order valence-electron chi connectivity index (χ2n) is 10.8. The van der Waals surface area contributed by atoms with E-state index >= 15 is 0 Å². The van der Waals surface area contributed by atoms with Crippen LogP contribution < -0.4 is 4.74 Å². The molecule has 2 fully saturated rings. The summed E-state index contributed by atoms with van der Waals surface area (Å²) in [5, 5.41) is 0. The van der Waals surface area contributed by atoms with Crippen LogP contribution in [0.3, 0.4) is 0 Å². The molecule has 0 spiro atoms. The monoisotopic (exact) mass is 512 g/mol. The number of para-hydroxylation sites is 1. The first-order valence-corrected chi connectivity index (χ1v) is 13.8. The lowest BCUT2D eigenvalue weighted by atomic mass is 10.0. The third-order valence-corrected chi connectivity index (χ3v) is 8.29. The van der Waals surface area contributed by atoms with Crippen molar-refractivity contribution >= 4 is 22.4 Å². The van der Waals surface area contributed by atoms with Gasteiger partial charge in [-0.05, 0) is 42.2 Å². The van der Waals surface area contributed by atoms with E-state index in [0.29, 0.717) is 5.92 Å². The first kappa shape index (κ1) is 23.9. The molecule has 0 amide bonds. The molecule has 1 aliphatic heterocycles. The molecule has 5 heteroatoms. The largest absolute Gasteiger partial charge is 0.493 e. The quantitative estimate of drug-likeness (QED) is 0.223. The highest BCUT2D eigenvalue weighted by Crippen LogP contribution is 2.52. The maximum atomic E-state index is 6.03. The van der Waals surface area contributed by atoms with Crippen LogP contribution in [0.2, 0.25) is 0 Å². The van der Waals surface area contributed by atoms with Crippen LogP contribution in [0.4, 0.5) is 5.69 Å². The molecule has 0 N–H and O–H groups in total. The molecule has 4 aromatic carbocycles. The number of hydrogen-bond acceptors (Lipinski definition) is 4. The van der Waals surface area contributed by atoms with Crippen molar-refractivity contribution < 1.29 is 4.74 Å². The van der Waals surface area contributed by atoms with E-state index in [1.807, 2.05) is 42.5 Å². The number of fused-ring (bicyclic) bond motifs is 2. The normalized spacial score (nSPS) is 20.1. The third-order valence-electron chi connectivity index (χ3n) is 8.29. The molecule has 3 atom stereocenters. The van der Waals surface area contributed by atoms with Crippen molar-refractivity contribution in [2.24, 2.45) is 29.8 Å². The molecule has 0 radical (unpaired) electrons. The van der Waals surface area contributed by atoms with Gasteiger partial charge in [-0.1, -0.05) is 78.9 Å². The number of likely N-dealkylation sites (tertiary alicyclic amines) is 1. The standard InChI is InChI=1S/C34H32N4O/c1-37-32-19-26(35-34(24-11-5-2-6-12-24)25-13-7-3-8-14-25)17-18-31(32)36-33(37)22-38-20-28-29(21-38)30(28)23-39-27-15-9-4-10-16-27/h2-19,28-30H,20-23H2,1H3/t28-,29+,30?. The molecule has 5 aromatic rings. The lowest BCUT2D eigenvalue weighted by molar-refractivity contribution is 0.226. The van der Waals surface area contributed by atoms with Crippen LogP contribution in [-0.2, 0) is 13.6 Å². The van der Waals surface area contributed by atoms with Crippen molar-refractivity contribution in [1.82, 2.24) is 14.5 Å². The summed E-state index contributed by atoms with van der Waals surface area (Å²) in [6.07, 6.45) is 0. The molecule has 1 aromatic heterocycles. The second-order valence-corrected chi connectivity index (χ2v) is 10.8. The van der Waals surface area contributed by atoms with Crippen molar-refractivity contribution in [3.8, 4) is 5.75 Å². The summed E-state index contributed by atoms with van der Waals surface area (Å²) in [5.74, 6) is 4.27. The molecule has 2 heterocycles. The summed E-state index contributed by atoms with van der Waals surface area (Å²) in [6, 6.07) is 37.3. The fraction of sp³-hybridized carbons (Fsp3) is 0.235. The number of aromatic nitrogens is 2. The average Bonchev–Trinajstić information content (AvgIpc) is 3.28. The van der Waals surface area contributed by atoms with Gasteiger partial charge in [0.15, 0.2) is 0 Å². The molecule has 1 saturated carbocycles. The zero-order valence-corrected chi connectivity index (χ0v) is 22.1. The highest BCUT2D eigenvalue weighted by Gasteiger charge is 2.55. The van der Waals surface area contributed by atoms with Crippen molar-refractivity contribution in [3.63, 3.8) is 0 Å². The predicted octanol–water partition coefficient (Wildman–Crippen LogP) is 6.50. The minimum absolute atomic E-state index is 0.686. The van der Waals surface area contributed by atoms with Crippen LogP contribution in [0.5, 0.6) is 5.75 Å². The van der Waals surface area contributed by atoms with Crippen molar-refractivity contribution in [2.45, 2.75) is 6.54 Å². The maximum absolute atomic E-state index is 6.03. The van der Waals surface area contributed by atoms with E-state index < -0.39 is 0 Å². The van der Waals surface area contributed by atoms with Crippen LogP contribution in [0.15, 0.2) is 114 Å². The van der Waals surface area contributed by atoms with Crippen molar-refractivity contribution in [3.05, 3.63) is 126 Å². The van der Waals surface area contributed by atoms with E-state index in [1.165, 1.54) is 0 Å². The summed E-state index contributed by atoms with van der Waals surface area (Å²) >= 11 is 0. The maximum Gasteiger partial charge on any atom is 0.123 e. The fourth-order valence-corrected chi connectivity index (χ4v) is 6.08. The number of nitrogens with zero attached hydrogens (tertiary/aromatic N) is 4. The van der Waals surface area contributed by atoms with Crippen LogP contribution in [-0.4, -0.2) is 39.9 Å². The summed E-state index contributed by atoms with van der Waals surface area (Å²) in [7, 11) is 2.13. The second kappa shape index (κ2) is 10.2. The van der Waals surface area contributed by atoms with Crippen LogP contribution in [0, 0.1) is 17.8 Å². The first-order valence-electron chi connectivity index (χ1n) is 13.8. The number of piperidine rings is 1. The molecule has 7 rings (SSSR count). The van der Waals surface area contributed by atoms with Gasteiger partial charge in [0.1, 0.15) is 11.6 Å². The van der Waals surface area contributed by atoms with E-state index in [4.69, 9.17) is 14.7 Å². The molecule has 1 unspecified atom stereocenters. The number of aryl methyl sites for hydroxylation is 1.